The third kappa shape index (κ3) is 2.72. The summed E-state index contributed by atoms with van der Waals surface area (Å²) in [6.45, 7) is 4.61. The average Bonchev–Trinajstić information content (AvgIpc) is 3.11. The SMILES string of the molecule is Cc1noc2nc(C3CC3)cc(C(=O)N[C@H](C)[C@H]3CCCO3)c12. The van der Waals surface area contributed by atoms with Gasteiger partial charge in [0.15, 0.2) is 0 Å². The number of aromatic nitrogens is 2. The molecule has 0 unspecified atom stereocenters. The van der Waals surface area contributed by atoms with Gasteiger partial charge in [-0.15, -0.1) is 0 Å². The molecule has 0 aromatic carbocycles. The summed E-state index contributed by atoms with van der Waals surface area (Å²) in [6.07, 6.45) is 4.40. The van der Waals surface area contributed by atoms with Crippen LogP contribution in [0.3, 0.4) is 0 Å². The minimum atomic E-state index is -0.103. The number of hydrogen-bond donors (Lipinski definition) is 1. The van der Waals surface area contributed by atoms with E-state index in [-0.39, 0.29) is 18.1 Å². The van der Waals surface area contributed by atoms with Crippen molar-refractivity contribution in [1.82, 2.24) is 15.5 Å². The molecule has 2 aliphatic rings. The quantitative estimate of drug-likeness (QED) is 0.938. The highest BCUT2D eigenvalue weighted by Gasteiger charge is 2.30. The predicted molar refractivity (Wildman–Crippen MR) is 84.4 cm³/mol. The number of carbonyl (C=O) groups excluding carboxylic acids is 1. The predicted octanol–water partition coefficient (Wildman–Crippen LogP) is 2.71. The van der Waals surface area contributed by atoms with E-state index in [0.717, 1.165) is 38.0 Å². The fraction of sp³-hybridized carbons (Fsp3) is 0.588. The molecule has 0 radical (unpaired) electrons. The second kappa shape index (κ2) is 5.60. The fourth-order valence-electron chi connectivity index (χ4n) is 3.26. The Balaban J connectivity index is 1.65. The maximum Gasteiger partial charge on any atom is 0.259 e. The van der Waals surface area contributed by atoms with E-state index in [1.807, 2.05) is 19.9 Å². The Hall–Kier alpha value is -1.95. The molecule has 2 atom stereocenters. The van der Waals surface area contributed by atoms with Gasteiger partial charge in [-0.2, -0.15) is 0 Å². The van der Waals surface area contributed by atoms with Crippen molar-refractivity contribution < 1.29 is 14.1 Å². The number of hydrogen-bond acceptors (Lipinski definition) is 5. The standard InChI is InChI=1S/C17H21N3O3/c1-9(14-4-3-7-22-14)18-16(21)12-8-13(11-5-6-11)19-17-15(12)10(2)20-23-17/h8-9,11,14H,3-7H2,1-2H3,(H,18,21)/t9-,14-/m1/s1. The van der Waals surface area contributed by atoms with Crippen LogP contribution in [0.5, 0.6) is 0 Å². The van der Waals surface area contributed by atoms with Gasteiger partial charge in [-0.25, -0.2) is 4.98 Å². The molecule has 1 saturated carbocycles. The van der Waals surface area contributed by atoms with Gasteiger partial charge in [-0.3, -0.25) is 4.79 Å². The van der Waals surface area contributed by atoms with Crippen molar-refractivity contribution >= 4 is 17.0 Å². The monoisotopic (exact) mass is 315 g/mol. The maximum absolute atomic E-state index is 12.8. The Bertz CT molecular complexity index is 745. The molecule has 2 aromatic heterocycles. The summed E-state index contributed by atoms with van der Waals surface area (Å²) < 4.78 is 11.0. The summed E-state index contributed by atoms with van der Waals surface area (Å²) in [7, 11) is 0. The molecule has 1 amide bonds. The summed E-state index contributed by atoms with van der Waals surface area (Å²) in [6, 6.07) is 1.89. The first kappa shape index (κ1) is 14.6. The topological polar surface area (TPSA) is 77.2 Å². The van der Waals surface area contributed by atoms with Gasteiger partial charge in [0.05, 0.1) is 28.8 Å². The van der Waals surface area contributed by atoms with Crippen LogP contribution < -0.4 is 5.32 Å². The van der Waals surface area contributed by atoms with Gasteiger partial charge in [0.2, 0.25) is 0 Å². The second-order valence-electron chi connectivity index (χ2n) is 6.63. The first-order valence-electron chi connectivity index (χ1n) is 8.33. The van der Waals surface area contributed by atoms with Crippen molar-refractivity contribution in [2.75, 3.05) is 6.61 Å². The average molecular weight is 315 g/mol. The Morgan fingerprint density at radius 3 is 2.91 bits per heavy atom. The molecule has 0 bridgehead atoms. The van der Waals surface area contributed by atoms with Gasteiger partial charge < -0.3 is 14.6 Å². The minimum Gasteiger partial charge on any atom is -0.376 e. The third-order valence-corrected chi connectivity index (χ3v) is 4.76. The third-order valence-electron chi connectivity index (χ3n) is 4.76. The van der Waals surface area contributed by atoms with E-state index in [4.69, 9.17) is 9.26 Å². The molecule has 1 aliphatic carbocycles. The van der Waals surface area contributed by atoms with Crippen LogP contribution in [0.25, 0.3) is 11.1 Å². The van der Waals surface area contributed by atoms with Gasteiger partial charge in [-0.1, -0.05) is 5.16 Å². The van der Waals surface area contributed by atoms with Crippen LogP contribution >= 0.6 is 0 Å². The first-order chi connectivity index (χ1) is 11.1. The van der Waals surface area contributed by atoms with Crippen molar-refractivity contribution in [3.63, 3.8) is 0 Å². The molecule has 1 aliphatic heterocycles. The highest BCUT2D eigenvalue weighted by atomic mass is 16.5. The number of nitrogens with one attached hydrogen (secondary N) is 1. The van der Waals surface area contributed by atoms with Gasteiger partial charge in [0.25, 0.3) is 11.6 Å². The lowest BCUT2D eigenvalue weighted by molar-refractivity contribution is 0.0713. The number of carbonyl (C=O) groups is 1. The Morgan fingerprint density at radius 2 is 2.22 bits per heavy atom. The smallest absolute Gasteiger partial charge is 0.259 e. The van der Waals surface area contributed by atoms with Crippen LogP contribution in [-0.4, -0.2) is 34.8 Å². The number of fused-ring (bicyclic) bond motifs is 1. The lowest BCUT2D eigenvalue weighted by atomic mass is 10.1. The summed E-state index contributed by atoms with van der Waals surface area (Å²) in [5.41, 5.74) is 2.70. The second-order valence-corrected chi connectivity index (χ2v) is 6.63. The van der Waals surface area contributed by atoms with Crippen LogP contribution in [0.15, 0.2) is 10.6 Å². The van der Waals surface area contributed by atoms with E-state index in [2.05, 4.69) is 15.5 Å². The zero-order chi connectivity index (χ0) is 16.0. The van der Waals surface area contributed by atoms with E-state index in [0.29, 0.717) is 28.3 Å². The zero-order valence-electron chi connectivity index (χ0n) is 13.5. The first-order valence-corrected chi connectivity index (χ1v) is 8.33. The number of nitrogens with zero attached hydrogens (tertiary/aromatic N) is 2. The van der Waals surface area contributed by atoms with Crippen LogP contribution in [0, 0.1) is 6.92 Å². The number of ether oxygens (including phenoxy) is 1. The zero-order valence-corrected chi connectivity index (χ0v) is 13.5. The van der Waals surface area contributed by atoms with Crippen LogP contribution in [0.1, 0.15) is 60.3 Å². The van der Waals surface area contributed by atoms with Gasteiger partial charge >= 0.3 is 0 Å². The molecule has 1 N–H and O–H groups in total. The summed E-state index contributed by atoms with van der Waals surface area (Å²) >= 11 is 0. The number of aryl methyl sites for hydroxylation is 1. The number of rotatable bonds is 4. The van der Waals surface area contributed by atoms with Crippen LogP contribution in [0.2, 0.25) is 0 Å². The summed E-state index contributed by atoms with van der Waals surface area (Å²) in [5, 5.41) is 7.76. The van der Waals surface area contributed by atoms with E-state index in [1.54, 1.807) is 0 Å². The van der Waals surface area contributed by atoms with E-state index in [1.165, 1.54) is 0 Å². The molecule has 2 aromatic rings. The Morgan fingerprint density at radius 1 is 1.39 bits per heavy atom. The van der Waals surface area contributed by atoms with E-state index >= 15 is 0 Å². The maximum atomic E-state index is 12.8. The van der Waals surface area contributed by atoms with Crippen molar-refractivity contribution in [2.45, 2.75) is 57.6 Å². The van der Waals surface area contributed by atoms with Crippen molar-refractivity contribution in [3.05, 3.63) is 23.0 Å². The van der Waals surface area contributed by atoms with Crippen LogP contribution in [0.4, 0.5) is 0 Å². The molecule has 2 fully saturated rings. The Labute approximate surface area is 134 Å². The largest absolute Gasteiger partial charge is 0.376 e. The van der Waals surface area contributed by atoms with E-state index < -0.39 is 0 Å². The number of amides is 1. The highest BCUT2D eigenvalue weighted by Crippen LogP contribution is 2.40. The van der Waals surface area contributed by atoms with Gasteiger partial charge in [-0.05, 0) is 45.6 Å². The van der Waals surface area contributed by atoms with Gasteiger partial charge in [0, 0.05) is 18.2 Å². The fourth-order valence-corrected chi connectivity index (χ4v) is 3.26. The molecular weight excluding hydrogens is 294 g/mol. The molecule has 3 heterocycles. The highest BCUT2D eigenvalue weighted by molar-refractivity contribution is 6.06. The van der Waals surface area contributed by atoms with Crippen LogP contribution in [-0.2, 0) is 4.74 Å². The molecule has 6 heteroatoms. The molecule has 23 heavy (non-hydrogen) atoms. The number of pyridine rings is 1. The van der Waals surface area contributed by atoms with Gasteiger partial charge in [0.1, 0.15) is 0 Å². The van der Waals surface area contributed by atoms with E-state index in [9.17, 15) is 4.79 Å². The molecule has 1 saturated heterocycles. The molecular formula is C17H21N3O3. The summed E-state index contributed by atoms with van der Waals surface area (Å²) in [4.78, 5) is 17.3. The lowest BCUT2D eigenvalue weighted by Gasteiger charge is -2.20. The molecule has 122 valence electrons. The molecule has 4 rings (SSSR count). The normalized spacial score (nSPS) is 22.4. The van der Waals surface area contributed by atoms with Crippen molar-refractivity contribution in [1.29, 1.82) is 0 Å². The Kier molecular flexibility index (Phi) is 3.56. The summed E-state index contributed by atoms with van der Waals surface area (Å²) in [5.74, 6) is 0.348. The molecule has 6 nitrogen and oxygen atoms in total. The lowest BCUT2D eigenvalue weighted by Crippen LogP contribution is -2.41. The minimum absolute atomic E-state index is 0.0160. The molecule has 0 spiro atoms. The van der Waals surface area contributed by atoms with Crippen molar-refractivity contribution in [2.24, 2.45) is 0 Å². The van der Waals surface area contributed by atoms with Crippen molar-refractivity contribution in [3.8, 4) is 0 Å².